The minimum absolute atomic E-state index is 0.00555. The molecule has 1 saturated heterocycles. The Hall–Kier alpha value is -1.67. The second kappa shape index (κ2) is 6.45. The van der Waals surface area contributed by atoms with E-state index in [9.17, 15) is 22.4 Å². The molecule has 1 N–H and O–H groups in total. The van der Waals surface area contributed by atoms with Crippen LogP contribution in [0.15, 0.2) is 18.2 Å². The van der Waals surface area contributed by atoms with Gasteiger partial charge < -0.3 is 10.1 Å². The summed E-state index contributed by atoms with van der Waals surface area (Å²) in [5, 5.41) is 2.40. The Kier molecular flexibility index (Phi) is 4.95. The topological polar surface area (TPSA) is 89.5 Å². The summed E-state index contributed by atoms with van der Waals surface area (Å²) in [6.45, 7) is 0.949. The standard InChI is InChI=1S/C14H15ClFNO5S/c1-14(5-6-23(20,21)8-14)17-11(18)7-22-13(19)12-9(15)3-2-4-10(12)16/h2-4H,5-8H2,1H3,(H,17,18)/t14-/m1/s1. The number of rotatable bonds is 4. The number of ether oxygens (including phenoxy) is 1. The van der Waals surface area contributed by atoms with Gasteiger partial charge in [-0.15, -0.1) is 0 Å². The lowest BCUT2D eigenvalue weighted by Crippen LogP contribution is -2.48. The van der Waals surface area contributed by atoms with Gasteiger partial charge in [0.2, 0.25) is 0 Å². The number of sulfone groups is 1. The molecule has 2 rings (SSSR count). The summed E-state index contributed by atoms with van der Waals surface area (Å²) in [5.74, 6) is -2.75. The maximum Gasteiger partial charge on any atom is 0.343 e. The van der Waals surface area contributed by atoms with Crippen LogP contribution in [0, 0.1) is 5.82 Å². The molecule has 0 unspecified atom stereocenters. The molecule has 126 valence electrons. The van der Waals surface area contributed by atoms with Gasteiger partial charge in [0.05, 0.1) is 22.1 Å². The minimum Gasteiger partial charge on any atom is -0.452 e. The number of hydrogen-bond donors (Lipinski definition) is 1. The molecule has 1 amide bonds. The van der Waals surface area contributed by atoms with Crippen LogP contribution in [0.4, 0.5) is 4.39 Å². The van der Waals surface area contributed by atoms with E-state index in [1.54, 1.807) is 6.92 Å². The van der Waals surface area contributed by atoms with Crippen LogP contribution in [0.1, 0.15) is 23.7 Å². The molecule has 1 heterocycles. The summed E-state index contributed by atoms with van der Waals surface area (Å²) in [5.41, 5.74) is -1.34. The highest BCUT2D eigenvalue weighted by molar-refractivity contribution is 7.91. The van der Waals surface area contributed by atoms with Crippen molar-refractivity contribution in [1.82, 2.24) is 5.32 Å². The Morgan fingerprint density at radius 1 is 1.43 bits per heavy atom. The Balaban J connectivity index is 1.94. The van der Waals surface area contributed by atoms with E-state index in [1.807, 2.05) is 0 Å². The predicted molar refractivity (Wildman–Crippen MR) is 81.5 cm³/mol. The molecule has 0 aromatic heterocycles. The van der Waals surface area contributed by atoms with Gasteiger partial charge in [-0.2, -0.15) is 0 Å². The van der Waals surface area contributed by atoms with Crippen molar-refractivity contribution < 1.29 is 27.1 Å². The Morgan fingerprint density at radius 2 is 2.13 bits per heavy atom. The van der Waals surface area contributed by atoms with Crippen LogP contribution in [0.25, 0.3) is 0 Å². The van der Waals surface area contributed by atoms with Crippen LogP contribution in [0.2, 0.25) is 5.02 Å². The fourth-order valence-corrected chi connectivity index (χ4v) is 4.71. The summed E-state index contributed by atoms with van der Waals surface area (Å²) < 4.78 is 41.2. The summed E-state index contributed by atoms with van der Waals surface area (Å²) in [6, 6.07) is 3.71. The quantitative estimate of drug-likeness (QED) is 0.815. The number of carbonyl (C=O) groups excluding carboxylic acids is 2. The maximum atomic E-state index is 13.5. The molecule has 0 bridgehead atoms. The Morgan fingerprint density at radius 3 is 2.70 bits per heavy atom. The van der Waals surface area contributed by atoms with E-state index in [2.05, 4.69) is 5.32 Å². The SMILES string of the molecule is C[C@@]1(NC(=O)COC(=O)c2c(F)cccc2Cl)CCS(=O)(=O)C1. The first-order valence-corrected chi connectivity index (χ1v) is 8.94. The molecule has 0 radical (unpaired) electrons. The highest BCUT2D eigenvalue weighted by atomic mass is 35.5. The van der Waals surface area contributed by atoms with Gasteiger partial charge >= 0.3 is 5.97 Å². The van der Waals surface area contributed by atoms with Crippen molar-refractivity contribution in [3.05, 3.63) is 34.6 Å². The van der Waals surface area contributed by atoms with Gasteiger partial charge in [-0.25, -0.2) is 17.6 Å². The van der Waals surface area contributed by atoms with Crippen molar-refractivity contribution in [3.63, 3.8) is 0 Å². The number of amides is 1. The average molecular weight is 364 g/mol. The first-order chi connectivity index (χ1) is 10.6. The number of esters is 1. The fraction of sp³-hybridized carbons (Fsp3) is 0.429. The Bertz CT molecular complexity index is 731. The molecular weight excluding hydrogens is 349 g/mol. The first kappa shape index (κ1) is 17.7. The normalized spacial score (nSPS) is 22.6. The second-order valence-electron chi connectivity index (χ2n) is 5.62. The van der Waals surface area contributed by atoms with Crippen molar-refractivity contribution in [2.75, 3.05) is 18.1 Å². The van der Waals surface area contributed by atoms with Gasteiger partial charge in [0, 0.05) is 0 Å². The highest BCUT2D eigenvalue weighted by Gasteiger charge is 2.39. The summed E-state index contributed by atoms with van der Waals surface area (Å²) in [4.78, 5) is 23.6. The van der Waals surface area contributed by atoms with Gasteiger partial charge in [-0.1, -0.05) is 17.7 Å². The lowest BCUT2D eigenvalue weighted by molar-refractivity contribution is -0.125. The van der Waals surface area contributed by atoms with Crippen molar-refractivity contribution in [2.45, 2.75) is 18.9 Å². The summed E-state index contributed by atoms with van der Waals surface area (Å²) >= 11 is 5.72. The summed E-state index contributed by atoms with van der Waals surface area (Å²) in [6.07, 6.45) is 0.286. The third kappa shape index (κ3) is 4.42. The van der Waals surface area contributed by atoms with Crippen molar-refractivity contribution in [2.24, 2.45) is 0 Å². The predicted octanol–water partition coefficient (Wildman–Crippen LogP) is 1.33. The average Bonchev–Trinajstić information content (AvgIpc) is 2.70. The molecule has 1 aromatic rings. The molecule has 0 spiro atoms. The van der Waals surface area contributed by atoms with E-state index in [0.29, 0.717) is 0 Å². The molecular formula is C14H15ClFNO5S. The number of halogens is 2. The van der Waals surface area contributed by atoms with Crippen LogP contribution in [0.5, 0.6) is 0 Å². The highest BCUT2D eigenvalue weighted by Crippen LogP contribution is 2.23. The van der Waals surface area contributed by atoms with Gasteiger partial charge in [0.1, 0.15) is 11.4 Å². The van der Waals surface area contributed by atoms with Crippen LogP contribution >= 0.6 is 11.6 Å². The number of benzene rings is 1. The first-order valence-electron chi connectivity index (χ1n) is 6.74. The van der Waals surface area contributed by atoms with Gasteiger partial charge in [0.15, 0.2) is 16.4 Å². The van der Waals surface area contributed by atoms with Crippen LogP contribution in [0.3, 0.4) is 0 Å². The van der Waals surface area contributed by atoms with Crippen molar-refractivity contribution >= 4 is 33.3 Å². The lowest BCUT2D eigenvalue weighted by atomic mass is 10.0. The van der Waals surface area contributed by atoms with Gasteiger partial charge in [0.25, 0.3) is 5.91 Å². The second-order valence-corrected chi connectivity index (χ2v) is 8.21. The van der Waals surface area contributed by atoms with Gasteiger partial charge in [-0.05, 0) is 25.5 Å². The van der Waals surface area contributed by atoms with E-state index in [1.165, 1.54) is 12.1 Å². The largest absolute Gasteiger partial charge is 0.452 e. The van der Waals surface area contributed by atoms with E-state index in [4.69, 9.17) is 16.3 Å². The zero-order valence-corrected chi connectivity index (χ0v) is 13.8. The third-order valence-corrected chi connectivity index (χ3v) is 5.66. The van der Waals surface area contributed by atoms with E-state index < -0.39 is 45.2 Å². The molecule has 1 aromatic carbocycles. The monoisotopic (exact) mass is 363 g/mol. The zero-order valence-electron chi connectivity index (χ0n) is 12.3. The third-order valence-electron chi connectivity index (χ3n) is 3.45. The number of nitrogens with one attached hydrogen (secondary N) is 1. The Labute approximate surface area is 137 Å². The molecule has 23 heavy (non-hydrogen) atoms. The minimum atomic E-state index is -3.17. The molecule has 1 fully saturated rings. The van der Waals surface area contributed by atoms with Gasteiger partial charge in [-0.3, -0.25) is 4.79 Å². The van der Waals surface area contributed by atoms with E-state index in [0.717, 1.165) is 6.07 Å². The molecule has 1 aliphatic rings. The number of carbonyl (C=O) groups is 2. The molecule has 6 nitrogen and oxygen atoms in total. The van der Waals surface area contributed by atoms with E-state index in [-0.39, 0.29) is 22.9 Å². The van der Waals surface area contributed by atoms with Crippen LogP contribution in [-0.2, 0) is 19.4 Å². The molecule has 1 aliphatic heterocycles. The molecule has 0 saturated carbocycles. The van der Waals surface area contributed by atoms with Crippen LogP contribution < -0.4 is 5.32 Å². The fourth-order valence-electron chi connectivity index (χ4n) is 2.38. The summed E-state index contributed by atoms with van der Waals surface area (Å²) in [7, 11) is -3.17. The lowest BCUT2D eigenvalue weighted by Gasteiger charge is -2.23. The van der Waals surface area contributed by atoms with E-state index >= 15 is 0 Å². The molecule has 0 aliphatic carbocycles. The molecule has 1 atom stereocenters. The molecule has 9 heteroatoms. The number of hydrogen-bond acceptors (Lipinski definition) is 5. The smallest absolute Gasteiger partial charge is 0.343 e. The van der Waals surface area contributed by atoms with Crippen LogP contribution in [-0.4, -0.2) is 43.9 Å². The van der Waals surface area contributed by atoms with Crippen molar-refractivity contribution in [1.29, 1.82) is 0 Å². The van der Waals surface area contributed by atoms with Crippen molar-refractivity contribution in [3.8, 4) is 0 Å². The zero-order chi connectivity index (χ0) is 17.3. The maximum absolute atomic E-state index is 13.5.